The summed E-state index contributed by atoms with van der Waals surface area (Å²) in [5, 5.41) is 4.66. The normalized spacial score (nSPS) is 12.4. The van der Waals surface area contributed by atoms with E-state index in [4.69, 9.17) is 13.3 Å². The molecule has 0 aromatic rings. The van der Waals surface area contributed by atoms with Gasteiger partial charge in [-0.05, 0) is 12.8 Å². The molecule has 0 amide bonds. The molecule has 0 aromatic carbocycles. The zero-order chi connectivity index (χ0) is 23.9. The van der Waals surface area contributed by atoms with Crippen molar-refractivity contribution in [3.05, 3.63) is 0 Å². The molecule has 0 fully saturated rings. The Morgan fingerprint density at radius 1 is 0.500 bits per heavy atom. The standard InChI is InChI=1S/C26H58N2O3Si/c1-7-8-9-10-11-12-13-14-15-16-17-18-19-20-21-22-24-28(27(2)3)25-23-26-32(29-4,30-5)31-6/h7-26H2,1-6H3. The lowest BCUT2D eigenvalue weighted by Crippen LogP contribution is -2.44. The van der Waals surface area contributed by atoms with E-state index in [1.165, 1.54) is 103 Å². The van der Waals surface area contributed by atoms with Crippen LogP contribution in [0.5, 0.6) is 0 Å². The fourth-order valence-corrected chi connectivity index (χ4v) is 6.09. The van der Waals surface area contributed by atoms with Crippen LogP contribution >= 0.6 is 0 Å². The number of nitrogens with zero attached hydrogens (tertiary/aromatic N) is 2. The minimum Gasteiger partial charge on any atom is -0.377 e. The predicted molar refractivity (Wildman–Crippen MR) is 141 cm³/mol. The summed E-state index contributed by atoms with van der Waals surface area (Å²) in [5.41, 5.74) is 0. The summed E-state index contributed by atoms with van der Waals surface area (Å²) in [6.45, 7) is 4.45. The lowest BCUT2D eigenvalue weighted by Gasteiger charge is -2.30. The molecular weight excluding hydrogens is 416 g/mol. The Balaban J connectivity index is 3.58. The van der Waals surface area contributed by atoms with E-state index >= 15 is 0 Å². The molecule has 0 aliphatic carbocycles. The molecule has 0 spiro atoms. The third-order valence-electron chi connectivity index (χ3n) is 6.67. The van der Waals surface area contributed by atoms with Gasteiger partial charge in [0.15, 0.2) is 0 Å². The van der Waals surface area contributed by atoms with Crippen LogP contribution < -0.4 is 0 Å². The van der Waals surface area contributed by atoms with Gasteiger partial charge in [0.2, 0.25) is 0 Å². The Morgan fingerprint density at radius 3 is 1.19 bits per heavy atom. The van der Waals surface area contributed by atoms with Crippen LogP contribution in [0.2, 0.25) is 6.04 Å². The molecule has 0 N–H and O–H groups in total. The van der Waals surface area contributed by atoms with Crippen molar-refractivity contribution in [2.45, 2.75) is 122 Å². The van der Waals surface area contributed by atoms with E-state index in [9.17, 15) is 0 Å². The summed E-state index contributed by atoms with van der Waals surface area (Å²) < 4.78 is 16.6. The second-order valence-corrected chi connectivity index (χ2v) is 12.6. The molecule has 0 rings (SSSR count). The first-order valence-corrected chi connectivity index (χ1v) is 15.6. The van der Waals surface area contributed by atoms with E-state index in [-0.39, 0.29) is 0 Å². The first kappa shape index (κ1) is 32.0. The van der Waals surface area contributed by atoms with Crippen molar-refractivity contribution in [2.75, 3.05) is 48.5 Å². The second-order valence-electron chi connectivity index (χ2n) is 9.50. The van der Waals surface area contributed by atoms with Gasteiger partial charge in [0, 0.05) is 54.6 Å². The summed E-state index contributed by atoms with van der Waals surface area (Å²) in [7, 11) is 6.92. The van der Waals surface area contributed by atoms with Gasteiger partial charge < -0.3 is 13.3 Å². The molecule has 0 radical (unpaired) electrons. The lowest BCUT2D eigenvalue weighted by atomic mass is 10.0. The van der Waals surface area contributed by atoms with Crippen molar-refractivity contribution in [3.8, 4) is 0 Å². The van der Waals surface area contributed by atoms with Crippen molar-refractivity contribution in [2.24, 2.45) is 0 Å². The van der Waals surface area contributed by atoms with E-state index in [0.29, 0.717) is 0 Å². The highest BCUT2D eigenvalue weighted by atomic mass is 28.4. The highest BCUT2D eigenvalue weighted by molar-refractivity contribution is 6.60. The third kappa shape index (κ3) is 17.5. The van der Waals surface area contributed by atoms with Gasteiger partial charge in [-0.1, -0.05) is 103 Å². The summed E-state index contributed by atoms with van der Waals surface area (Å²) in [6.07, 6.45) is 23.7. The van der Waals surface area contributed by atoms with Gasteiger partial charge in [0.05, 0.1) is 0 Å². The second kappa shape index (κ2) is 22.8. The number of hydrogen-bond acceptors (Lipinski definition) is 5. The van der Waals surface area contributed by atoms with E-state index < -0.39 is 8.80 Å². The molecule has 0 atom stereocenters. The molecule has 0 aromatic heterocycles. The minimum absolute atomic E-state index is 0.861. The smallest absolute Gasteiger partial charge is 0.377 e. The number of unbranched alkanes of at least 4 members (excludes halogenated alkanes) is 15. The van der Waals surface area contributed by atoms with Gasteiger partial charge >= 0.3 is 8.80 Å². The Morgan fingerprint density at radius 2 is 0.844 bits per heavy atom. The highest BCUT2D eigenvalue weighted by Crippen LogP contribution is 2.17. The number of hydrogen-bond donors (Lipinski definition) is 0. The zero-order valence-corrected chi connectivity index (χ0v) is 23.8. The molecule has 0 saturated heterocycles. The molecule has 0 aliphatic rings. The maximum absolute atomic E-state index is 5.53. The number of hydrazine groups is 1. The fourth-order valence-electron chi connectivity index (χ4n) is 4.39. The van der Waals surface area contributed by atoms with Crippen molar-refractivity contribution < 1.29 is 13.3 Å². The van der Waals surface area contributed by atoms with Crippen LogP contribution in [-0.2, 0) is 13.3 Å². The summed E-state index contributed by atoms with van der Waals surface area (Å²) >= 11 is 0. The topological polar surface area (TPSA) is 34.2 Å². The molecule has 0 unspecified atom stereocenters. The molecule has 6 heteroatoms. The van der Waals surface area contributed by atoms with Gasteiger partial charge in [0.25, 0.3) is 0 Å². The molecule has 0 bridgehead atoms. The average molecular weight is 475 g/mol. The van der Waals surface area contributed by atoms with Crippen LogP contribution in [0.15, 0.2) is 0 Å². The van der Waals surface area contributed by atoms with Crippen LogP contribution in [0.25, 0.3) is 0 Å². The molecule has 194 valence electrons. The summed E-state index contributed by atoms with van der Waals surface area (Å²) in [5.74, 6) is 0. The van der Waals surface area contributed by atoms with Gasteiger partial charge in [-0.15, -0.1) is 0 Å². The van der Waals surface area contributed by atoms with Gasteiger partial charge in [-0.25, -0.2) is 10.0 Å². The van der Waals surface area contributed by atoms with Crippen LogP contribution in [0, 0.1) is 0 Å². The Bertz CT molecular complexity index is 374. The molecule has 0 saturated carbocycles. The molecule has 32 heavy (non-hydrogen) atoms. The van der Waals surface area contributed by atoms with E-state index in [2.05, 4.69) is 31.0 Å². The largest absolute Gasteiger partial charge is 0.500 e. The quantitative estimate of drug-likeness (QED) is 0.0788. The van der Waals surface area contributed by atoms with E-state index in [0.717, 1.165) is 25.6 Å². The zero-order valence-electron chi connectivity index (χ0n) is 22.8. The highest BCUT2D eigenvalue weighted by Gasteiger charge is 2.37. The van der Waals surface area contributed by atoms with Crippen LogP contribution in [0.3, 0.4) is 0 Å². The minimum atomic E-state index is -2.44. The molecule has 5 nitrogen and oxygen atoms in total. The molecule has 0 heterocycles. The van der Waals surface area contributed by atoms with Crippen LogP contribution in [-0.4, -0.2) is 67.3 Å². The van der Waals surface area contributed by atoms with Gasteiger partial charge in [-0.2, -0.15) is 0 Å². The Kier molecular flexibility index (Phi) is 22.8. The Hall–Kier alpha value is 0.0169. The summed E-state index contributed by atoms with van der Waals surface area (Å²) in [6, 6.07) is 0.861. The van der Waals surface area contributed by atoms with Crippen molar-refractivity contribution in [3.63, 3.8) is 0 Å². The molecule has 0 aliphatic heterocycles. The fraction of sp³-hybridized carbons (Fsp3) is 1.00. The average Bonchev–Trinajstić information content (AvgIpc) is 2.80. The van der Waals surface area contributed by atoms with Gasteiger partial charge in [0.1, 0.15) is 0 Å². The maximum Gasteiger partial charge on any atom is 0.500 e. The first-order valence-electron chi connectivity index (χ1n) is 13.6. The van der Waals surface area contributed by atoms with Crippen molar-refractivity contribution in [1.82, 2.24) is 10.0 Å². The van der Waals surface area contributed by atoms with Gasteiger partial charge in [-0.3, -0.25) is 0 Å². The van der Waals surface area contributed by atoms with E-state index in [1.54, 1.807) is 21.3 Å². The SMILES string of the molecule is CCCCCCCCCCCCCCCCCCN(CCC[Si](OC)(OC)OC)N(C)C. The van der Waals surface area contributed by atoms with Crippen molar-refractivity contribution in [1.29, 1.82) is 0 Å². The lowest BCUT2D eigenvalue weighted by molar-refractivity contribution is 0.0215. The number of rotatable bonds is 25. The van der Waals surface area contributed by atoms with Crippen LogP contribution in [0.4, 0.5) is 0 Å². The monoisotopic (exact) mass is 474 g/mol. The molecular formula is C26H58N2O3Si. The van der Waals surface area contributed by atoms with Crippen LogP contribution in [0.1, 0.15) is 116 Å². The third-order valence-corrected chi connectivity index (χ3v) is 9.50. The van der Waals surface area contributed by atoms with E-state index in [1.807, 2.05) is 0 Å². The Labute approximate surface area is 202 Å². The predicted octanol–water partition coefficient (Wildman–Crippen LogP) is 7.29. The van der Waals surface area contributed by atoms with Crippen molar-refractivity contribution >= 4 is 8.80 Å². The summed E-state index contributed by atoms with van der Waals surface area (Å²) in [4.78, 5) is 0. The first-order chi connectivity index (χ1) is 15.5. The maximum atomic E-state index is 5.53.